The second-order valence-corrected chi connectivity index (χ2v) is 6.43. The van der Waals surface area contributed by atoms with Crippen molar-refractivity contribution in [3.05, 3.63) is 71.9 Å². The lowest BCUT2D eigenvalue weighted by Crippen LogP contribution is -2.10. The molecule has 0 bridgehead atoms. The first-order valence-electron chi connectivity index (χ1n) is 8.97. The van der Waals surface area contributed by atoms with Gasteiger partial charge in [-0.25, -0.2) is 9.59 Å². The normalized spacial score (nSPS) is 10.9. The van der Waals surface area contributed by atoms with Crippen LogP contribution in [-0.2, 0) is 9.47 Å². The monoisotopic (exact) mass is 389 g/mol. The van der Waals surface area contributed by atoms with Crippen molar-refractivity contribution in [3.8, 4) is 17.0 Å². The molecular weight excluding hydrogens is 370 g/mol. The lowest BCUT2D eigenvalue weighted by molar-refractivity contribution is 0.0558. The van der Waals surface area contributed by atoms with Gasteiger partial charge in [-0.1, -0.05) is 24.3 Å². The van der Waals surface area contributed by atoms with E-state index in [0.29, 0.717) is 17.0 Å². The molecule has 2 aromatic heterocycles. The van der Waals surface area contributed by atoms with Gasteiger partial charge in [-0.15, -0.1) is 0 Å². The zero-order valence-corrected chi connectivity index (χ0v) is 16.3. The molecule has 6 heteroatoms. The highest BCUT2D eigenvalue weighted by Gasteiger charge is 2.31. The van der Waals surface area contributed by atoms with Crippen LogP contribution in [-0.4, -0.2) is 37.7 Å². The molecule has 29 heavy (non-hydrogen) atoms. The van der Waals surface area contributed by atoms with Gasteiger partial charge in [-0.05, 0) is 41.3 Å². The van der Waals surface area contributed by atoms with Crippen molar-refractivity contribution in [2.24, 2.45) is 0 Å². The summed E-state index contributed by atoms with van der Waals surface area (Å²) < 4.78 is 17.1. The first kappa shape index (κ1) is 18.6. The Hall–Kier alpha value is -3.80. The first-order valence-corrected chi connectivity index (χ1v) is 8.97. The molecule has 0 saturated carbocycles. The van der Waals surface area contributed by atoms with Gasteiger partial charge in [0.2, 0.25) is 0 Å². The Morgan fingerprint density at radius 2 is 1.45 bits per heavy atom. The fourth-order valence-electron chi connectivity index (χ4n) is 3.65. The van der Waals surface area contributed by atoms with Crippen LogP contribution in [0.5, 0.6) is 5.75 Å². The fourth-order valence-corrected chi connectivity index (χ4v) is 3.65. The van der Waals surface area contributed by atoms with Crippen molar-refractivity contribution in [2.45, 2.75) is 0 Å². The highest BCUT2D eigenvalue weighted by atomic mass is 16.5. The second-order valence-electron chi connectivity index (χ2n) is 6.43. The molecule has 0 saturated heterocycles. The summed E-state index contributed by atoms with van der Waals surface area (Å²) in [5, 5.41) is 1.78. The van der Waals surface area contributed by atoms with Crippen LogP contribution in [0.25, 0.3) is 27.5 Å². The van der Waals surface area contributed by atoms with Crippen LogP contribution in [0.1, 0.15) is 20.7 Å². The maximum absolute atomic E-state index is 12.8. The van der Waals surface area contributed by atoms with Gasteiger partial charge in [-0.2, -0.15) is 0 Å². The average molecular weight is 389 g/mol. The van der Waals surface area contributed by atoms with Crippen molar-refractivity contribution in [2.75, 3.05) is 21.3 Å². The predicted octanol–water partition coefficient (Wildman–Crippen LogP) is 4.34. The molecule has 4 aromatic rings. The maximum Gasteiger partial charge on any atom is 0.340 e. The van der Waals surface area contributed by atoms with E-state index < -0.39 is 11.9 Å². The third-order valence-electron chi connectivity index (χ3n) is 4.97. The fraction of sp³-hybridized carbons (Fsp3) is 0.130. The van der Waals surface area contributed by atoms with Crippen LogP contribution in [0.15, 0.2) is 60.8 Å². The van der Waals surface area contributed by atoms with Crippen molar-refractivity contribution in [1.82, 2.24) is 4.40 Å². The van der Waals surface area contributed by atoms with Gasteiger partial charge >= 0.3 is 11.9 Å². The Morgan fingerprint density at radius 3 is 2.10 bits per heavy atom. The van der Waals surface area contributed by atoms with E-state index in [-0.39, 0.29) is 11.1 Å². The number of hydrogen-bond acceptors (Lipinski definition) is 5. The topological polar surface area (TPSA) is 66.2 Å². The smallest absolute Gasteiger partial charge is 0.340 e. The first-order chi connectivity index (χ1) is 14.1. The van der Waals surface area contributed by atoms with Gasteiger partial charge in [0.25, 0.3) is 0 Å². The molecule has 0 aliphatic heterocycles. The van der Waals surface area contributed by atoms with Gasteiger partial charge in [-0.3, -0.25) is 0 Å². The molecule has 4 rings (SSSR count). The molecule has 0 aliphatic rings. The number of carbonyl (C=O) groups excluding carboxylic acids is 2. The number of rotatable bonds is 4. The number of aromatic nitrogens is 1. The Balaban J connectivity index is 2.20. The van der Waals surface area contributed by atoms with Crippen LogP contribution >= 0.6 is 0 Å². The molecule has 0 unspecified atom stereocenters. The predicted molar refractivity (Wildman–Crippen MR) is 110 cm³/mol. The van der Waals surface area contributed by atoms with E-state index in [1.54, 1.807) is 19.2 Å². The molecular formula is C23H19NO5. The minimum atomic E-state index is -0.607. The zero-order valence-electron chi connectivity index (χ0n) is 16.3. The third-order valence-corrected chi connectivity index (χ3v) is 4.97. The van der Waals surface area contributed by atoms with Gasteiger partial charge in [0.15, 0.2) is 0 Å². The van der Waals surface area contributed by atoms with E-state index >= 15 is 0 Å². The van der Waals surface area contributed by atoms with Gasteiger partial charge in [0.1, 0.15) is 16.9 Å². The SMILES string of the molecule is COC(=O)c1c(C(=O)OC)c2c3ccccc3ccn2c1-c1ccc(OC)cc1. The maximum atomic E-state index is 12.8. The van der Waals surface area contributed by atoms with E-state index in [1.807, 2.05) is 53.1 Å². The minimum Gasteiger partial charge on any atom is -0.497 e. The van der Waals surface area contributed by atoms with Crippen LogP contribution in [0.3, 0.4) is 0 Å². The summed E-state index contributed by atoms with van der Waals surface area (Å²) in [6.45, 7) is 0. The number of benzene rings is 2. The molecule has 0 spiro atoms. The third kappa shape index (κ3) is 2.89. The summed E-state index contributed by atoms with van der Waals surface area (Å²) in [6.07, 6.45) is 1.84. The molecule has 6 nitrogen and oxygen atoms in total. The zero-order chi connectivity index (χ0) is 20.5. The number of ether oxygens (including phenoxy) is 3. The Morgan fingerprint density at radius 1 is 0.793 bits per heavy atom. The highest BCUT2D eigenvalue weighted by molar-refractivity contribution is 6.17. The summed E-state index contributed by atoms with van der Waals surface area (Å²) in [5.74, 6) is -0.518. The second kappa shape index (κ2) is 7.31. The standard InChI is InChI=1S/C23H19NO5/c1-27-16-10-8-15(9-11-16)20-18(22(25)28-2)19(23(26)29-3)21-17-7-5-4-6-14(17)12-13-24(20)21/h4-13H,1-3H3. The summed E-state index contributed by atoms with van der Waals surface area (Å²) >= 11 is 0. The van der Waals surface area contributed by atoms with E-state index in [4.69, 9.17) is 14.2 Å². The Bertz CT molecular complexity index is 1240. The molecule has 0 amide bonds. The van der Waals surface area contributed by atoms with Gasteiger partial charge in [0.05, 0.1) is 32.5 Å². The minimum absolute atomic E-state index is 0.167. The van der Waals surface area contributed by atoms with Crippen molar-refractivity contribution < 1.29 is 23.8 Å². The number of nitrogens with zero attached hydrogens (tertiary/aromatic N) is 1. The van der Waals surface area contributed by atoms with E-state index in [2.05, 4.69) is 0 Å². The van der Waals surface area contributed by atoms with Crippen LogP contribution in [0, 0.1) is 0 Å². The number of fused-ring (bicyclic) bond motifs is 3. The molecule has 0 radical (unpaired) electrons. The quantitative estimate of drug-likeness (QED) is 0.486. The molecule has 0 N–H and O–H groups in total. The van der Waals surface area contributed by atoms with Crippen molar-refractivity contribution in [3.63, 3.8) is 0 Å². The van der Waals surface area contributed by atoms with Crippen molar-refractivity contribution in [1.29, 1.82) is 0 Å². The van der Waals surface area contributed by atoms with Crippen LogP contribution in [0.4, 0.5) is 0 Å². The summed E-state index contributed by atoms with van der Waals surface area (Å²) in [6, 6.07) is 16.9. The van der Waals surface area contributed by atoms with Gasteiger partial charge < -0.3 is 18.6 Å². The largest absolute Gasteiger partial charge is 0.497 e. The van der Waals surface area contributed by atoms with Crippen LogP contribution < -0.4 is 4.74 Å². The lowest BCUT2D eigenvalue weighted by atomic mass is 10.0. The number of carbonyl (C=O) groups is 2. The molecule has 2 heterocycles. The van der Waals surface area contributed by atoms with Gasteiger partial charge in [0, 0.05) is 11.6 Å². The van der Waals surface area contributed by atoms with E-state index in [0.717, 1.165) is 16.3 Å². The Kier molecular flexibility index (Phi) is 4.68. The number of methoxy groups -OCH3 is 3. The Labute approximate surface area is 167 Å². The number of pyridine rings is 1. The molecule has 0 aliphatic carbocycles. The summed E-state index contributed by atoms with van der Waals surface area (Å²) in [4.78, 5) is 25.6. The van der Waals surface area contributed by atoms with Crippen LogP contribution in [0.2, 0.25) is 0 Å². The number of hydrogen-bond donors (Lipinski definition) is 0. The molecule has 0 atom stereocenters. The lowest BCUT2D eigenvalue weighted by Gasteiger charge is -2.08. The van der Waals surface area contributed by atoms with Crippen molar-refractivity contribution >= 4 is 28.2 Å². The van der Waals surface area contributed by atoms with E-state index in [9.17, 15) is 9.59 Å². The molecule has 0 fully saturated rings. The average Bonchev–Trinajstić information content (AvgIpc) is 3.13. The summed E-state index contributed by atoms with van der Waals surface area (Å²) in [5.41, 5.74) is 2.25. The van der Waals surface area contributed by atoms with E-state index in [1.165, 1.54) is 14.2 Å². The molecule has 2 aromatic carbocycles. The molecule has 146 valence electrons. The highest BCUT2D eigenvalue weighted by Crippen LogP contribution is 2.37. The number of esters is 2. The summed E-state index contributed by atoms with van der Waals surface area (Å²) in [7, 11) is 4.18.